The maximum Gasteiger partial charge on any atom is 0.243 e. The average Bonchev–Trinajstić information content (AvgIpc) is 3.34. The maximum absolute atomic E-state index is 13.1. The van der Waals surface area contributed by atoms with Gasteiger partial charge in [0.15, 0.2) is 0 Å². The van der Waals surface area contributed by atoms with Gasteiger partial charge in [-0.1, -0.05) is 6.07 Å². The molecule has 0 aromatic heterocycles. The number of halogens is 1. The number of benzene rings is 2. The zero-order valence-corrected chi connectivity index (χ0v) is 18.2. The Balaban J connectivity index is 1.31. The molecule has 2 aliphatic heterocycles. The molecule has 1 N–H and O–H groups in total. The highest BCUT2D eigenvalue weighted by molar-refractivity contribution is 7.89. The van der Waals surface area contributed by atoms with Crippen LogP contribution in [0.25, 0.3) is 0 Å². The molecule has 2 saturated heterocycles. The van der Waals surface area contributed by atoms with Crippen molar-refractivity contribution in [2.45, 2.75) is 17.7 Å². The van der Waals surface area contributed by atoms with E-state index in [2.05, 4.69) is 10.2 Å². The predicted molar refractivity (Wildman–Crippen MR) is 118 cm³/mol. The molecule has 0 saturated carbocycles. The summed E-state index contributed by atoms with van der Waals surface area (Å²) in [6, 6.07) is 13.0. The molecule has 9 heteroatoms. The monoisotopic (exact) mass is 446 g/mol. The lowest BCUT2D eigenvalue weighted by Crippen LogP contribution is -2.50. The molecule has 166 valence electrons. The minimum absolute atomic E-state index is 0.0356. The highest BCUT2D eigenvalue weighted by Gasteiger charge is 2.27. The second-order valence-electron chi connectivity index (χ2n) is 7.84. The fourth-order valence-corrected chi connectivity index (χ4v) is 5.56. The number of carbonyl (C=O) groups excluding carboxylic acids is 1. The zero-order valence-electron chi connectivity index (χ0n) is 17.3. The van der Waals surface area contributed by atoms with Gasteiger partial charge in [-0.25, -0.2) is 12.8 Å². The van der Waals surface area contributed by atoms with Crippen molar-refractivity contribution in [3.8, 4) is 0 Å². The summed E-state index contributed by atoms with van der Waals surface area (Å²) < 4.78 is 40.1. The van der Waals surface area contributed by atoms with Crippen LogP contribution in [0.5, 0.6) is 0 Å². The van der Waals surface area contributed by atoms with Crippen molar-refractivity contribution in [1.29, 1.82) is 0 Å². The second kappa shape index (κ2) is 9.23. The number of carbonyl (C=O) groups is 1. The molecule has 2 fully saturated rings. The molecule has 0 aliphatic carbocycles. The average molecular weight is 447 g/mol. The van der Waals surface area contributed by atoms with Crippen LogP contribution in [0.3, 0.4) is 0 Å². The van der Waals surface area contributed by atoms with Crippen molar-refractivity contribution in [2.75, 3.05) is 56.0 Å². The van der Waals surface area contributed by atoms with Crippen molar-refractivity contribution < 1.29 is 17.6 Å². The summed E-state index contributed by atoms with van der Waals surface area (Å²) in [7, 11) is -3.49. The van der Waals surface area contributed by atoms with Gasteiger partial charge in [-0.3, -0.25) is 4.79 Å². The SMILES string of the molecule is O=C(CNc1cccc(S(=O)(=O)N2CCCC2)c1)N1CCN(c2ccc(F)cc2)CC1. The summed E-state index contributed by atoms with van der Waals surface area (Å²) in [4.78, 5) is 16.8. The Morgan fingerprint density at radius 3 is 2.29 bits per heavy atom. The van der Waals surface area contributed by atoms with Gasteiger partial charge in [0, 0.05) is 50.6 Å². The van der Waals surface area contributed by atoms with Gasteiger partial charge in [0.05, 0.1) is 11.4 Å². The number of rotatable bonds is 6. The molecule has 0 bridgehead atoms. The molecule has 2 aromatic rings. The Bertz CT molecular complexity index is 1020. The van der Waals surface area contributed by atoms with Gasteiger partial charge < -0.3 is 15.1 Å². The molecular weight excluding hydrogens is 419 g/mol. The lowest BCUT2D eigenvalue weighted by Gasteiger charge is -2.36. The van der Waals surface area contributed by atoms with Crippen LogP contribution in [0.1, 0.15) is 12.8 Å². The van der Waals surface area contributed by atoms with Gasteiger partial charge in [0.25, 0.3) is 0 Å². The van der Waals surface area contributed by atoms with Gasteiger partial charge in [-0.2, -0.15) is 4.31 Å². The minimum atomic E-state index is -3.49. The first kappa shape index (κ1) is 21.6. The molecule has 2 aliphatic rings. The largest absolute Gasteiger partial charge is 0.376 e. The van der Waals surface area contributed by atoms with Crippen molar-refractivity contribution >= 4 is 27.3 Å². The van der Waals surface area contributed by atoms with Gasteiger partial charge in [0.2, 0.25) is 15.9 Å². The molecule has 2 heterocycles. The Morgan fingerprint density at radius 2 is 1.61 bits per heavy atom. The normalized spacial score (nSPS) is 17.7. The van der Waals surface area contributed by atoms with Crippen LogP contribution < -0.4 is 10.2 Å². The van der Waals surface area contributed by atoms with Crippen molar-refractivity contribution in [3.63, 3.8) is 0 Å². The lowest BCUT2D eigenvalue weighted by molar-refractivity contribution is -0.129. The van der Waals surface area contributed by atoms with E-state index in [4.69, 9.17) is 0 Å². The first-order valence-corrected chi connectivity index (χ1v) is 12.0. The number of amides is 1. The summed E-state index contributed by atoms with van der Waals surface area (Å²) in [6.07, 6.45) is 1.78. The van der Waals surface area contributed by atoms with Gasteiger partial charge in [-0.05, 0) is 55.3 Å². The van der Waals surface area contributed by atoms with Gasteiger partial charge in [-0.15, -0.1) is 0 Å². The summed E-state index contributed by atoms with van der Waals surface area (Å²) in [6.45, 7) is 3.75. The van der Waals surface area contributed by atoms with Crippen molar-refractivity contribution in [3.05, 3.63) is 54.3 Å². The third-order valence-corrected chi connectivity index (χ3v) is 7.70. The zero-order chi connectivity index (χ0) is 21.8. The molecule has 1 amide bonds. The van der Waals surface area contributed by atoms with E-state index in [1.165, 1.54) is 16.4 Å². The quantitative estimate of drug-likeness (QED) is 0.738. The molecule has 4 rings (SSSR count). The molecule has 0 atom stereocenters. The molecule has 7 nitrogen and oxygen atoms in total. The third-order valence-electron chi connectivity index (χ3n) is 5.80. The first-order chi connectivity index (χ1) is 14.9. The first-order valence-electron chi connectivity index (χ1n) is 10.6. The fourth-order valence-electron chi connectivity index (χ4n) is 4.00. The van der Waals surface area contributed by atoms with Crippen LogP contribution >= 0.6 is 0 Å². The Morgan fingerprint density at radius 1 is 0.935 bits per heavy atom. The number of piperazine rings is 1. The van der Waals surface area contributed by atoms with Crippen LogP contribution in [-0.4, -0.2) is 69.3 Å². The van der Waals surface area contributed by atoms with E-state index >= 15 is 0 Å². The van der Waals surface area contributed by atoms with Crippen LogP contribution in [0.2, 0.25) is 0 Å². The van der Waals surface area contributed by atoms with E-state index in [-0.39, 0.29) is 23.2 Å². The third kappa shape index (κ3) is 4.99. The highest BCUT2D eigenvalue weighted by atomic mass is 32.2. The Kier molecular flexibility index (Phi) is 6.43. The number of anilines is 2. The number of sulfonamides is 1. The van der Waals surface area contributed by atoms with E-state index in [0.717, 1.165) is 18.5 Å². The number of nitrogens with zero attached hydrogens (tertiary/aromatic N) is 3. The molecule has 0 spiro atoms. The van der Waals surface area contributed by atoms with E-state index < -0.39 is 10.0 Å². The van der Waals surface area contributed by atoms with Crippen molar-refractivity contribution in [1.82, 2.24) is 9.21 Å². The molecule has 0 radical (unpaired) electrons. The van der Waals surface area contributed by atoms with Gasteiger partial charge in [0.1, 0.15) is 5.82 Å². The second-order valence-corrected chi connectivity index (χ2v) is 9.77. The van der Waals surface area contributed by atoms with E-state index in [9.17, 15) is 17.6 Å². The van der Waals surface area contributed by atoms with Crippen LogP contribution in [-0.2, 0) is 14.8 Å². The molecule has 31 heavy (non-hydrogen) atoms. The van der Waals surface area contributed by atoms with Crippen LogP contribution in [0.15, 0.2) is 53.4 Å². The van der Waals surface area contributed by atoms with Crippen LogP contribution in [0.4, 0.5) is 15.8 Å². The molecule has 2 aromatic carbocycles. The maximum atomic E-state index is 13.1. The number of hydrogen-bond acceptors (Lipinski definition) is 5. The van der Waals surface area contributed by atoms with E-state index in [1.807, 2.05) is 0 Å². The minimum Gasteiger partial charge on any atom is -0.376 e. The van der Waals surface area contributed by atoms with E-state index in [0.29, 0.717) is 45.0 Å². The fraction of sp³-hybridized carbons (Fsp3) is 0.409. The molecular formula is C22H27FN4O3S. The standard InChI is InChI=1S/C22H27FN4O3S/c23-18-6-8-20(9-7-18)25-12-14-26(15-13-25)22(28)17-24-19-4-3-5-21(16-19)31(29,30)27-10-1-2-11-27/h3-9,16,24H,1-2,10-15,17H2. The van der Waals surface area contributed by atoms with E-state index in [1.54, 1.807) is 41.3 Å². The van der Waals surface area contributed by atoms with Crippen molar-refractivity contribution in [2.24, 2.45) is 0 Å². The summed E-state index contributed by atoms with van der Waals surface area (Å²) in [5, 5.41) is 3.06. The summed E-state index contributed by atoms with van der Waals surface area (Å²) in [5.41, 5.74) is 1.56. The number of nitrogens with one attached hydrogen (secondary N) is 1. The Labute approximate surface area is 182 Å². The smallest absolute Gasteiger partial charge is 0.243 e. The van der Waals surface area contributed by atoms with Gasteiger partial charge >= 0.3 is 0 Å². The predicted octanol–water partition coefficient (Wildman–Crippen LogP) is 2.37. The lowest BCUT2D eigenvalue weighted by atomic mass is 10.2. The summed E-state index contributed by atoms with van der Waals surface area (Å²) in [5.74, 6) is -0.299. The Hall–Kier alpha value is -2.65. The molecule has 0 unspecified atom stereocenters. The topological polar surface area (TPSA) is 73.0 Å². The highest BCUT2D eigenvalue weighted by Crippen LogP contribution is 2.23. The summed E-state index contributed by atoms with van der Waals surface area (Å²) >= 11 is 0. The number of hydrogen-bond donors (Lipinski definition) is 1. The van der Waals surface area contributed by atoms with Crippen LogP contribution in [0, 0.1) is 5.82 Å².